The van der Waals surface area contributed by atoms with Crippen molar-refractivity contribution in [2.24, 2.45) is 0 Å². The van der Waals surface area contributed by atoms with E-state index in [1.54, 1.807) is 48.5 Å². The number of hydrogen-bond acceptors (Lipinski definition) is 4. The van der Waals surface area contributed by atoms with Crippen molar-refractivity contribution in [1.82, 2.24) is 5.32 Å². The fourth-order valence-corrected chi connectivity index (χ4v) is 3.50. The maximum atomic E-state index is 12.8. The zero-order chi connectivity index (χ0) is 19.8. The van der Waals surface area contributed by atoms with Gasteiger partial charge in [-0.15, -0.1) is 0 Å². The second-order valence-corrected chi connectivity index (χ2v) is 7.26. The predicted octanol–water partition coefficient (Wildman–Crippen LogP) is 4.08. The second kappa shape index (κ2) is 7.09. The number of benzene rings is 2. The standard InChI is InChI=1S/C21H15BrN2O4/c1-12-6-8-14(28-12)11-23-19(25)17-10-13(22)7-9-18(17)24-20(26)15-4-2-3-5-16(15)21(24)27/h2-10H,11H2,1H3,(H,23,25). The fraction of sp³-hybridized carbons (Fsp3) is 0.0952. The van der Waals surface area contributed by atoms with Crippen molar-refractivity contribution in [1.29, 1.82) is 0 Å². The third kappa shape index (κ3) is 3.14. The molecule has 1 aromatic heterocycles. The topological polar surface area (TPSA) is 79.6 Å². The van der Waals surface area contributed by atoms with Crippen LogP contribution in [0.4, 0.5) is 5.69 Å². The minimum atomic E-state index is -0.446. The van der Waals surface area contributed by atoms with Crippen molar-refractivity contribution in [3.63, 3.8) is 0 Å². The highest BCUT2D eigenvalue weighted by Crippen LogP contribution is 2.32. The zero-order valence-electron chi connectivity index (χ0n) is 14.9. The minimum absolute atomic E-state index is 0.195. The average molecular weight is 439 g/mol. The van der Waals surface area contributed by atoms with Crippen LogP contribution in [0, 0.1) is 6.92 Å². The van der Waals surface area contributed by atoms with Gasteiger partial charge in [0.1, 0.15) is 11.5 Å². The molecule has 2 aromatic carbocycles. The lowest BCUT2D eigenvalue weighted by Gasteiger charge is -2.18. The Bertz CT molecular complexity index is 1080. The monoisotopic (exact) mass is 438 g/mol. The Balaban J connectivity index is 1.67. The molecule has 3 amide bonds. The Hall–Kier alpha value is -3.19. The van der Waals surface area contributed by atoms with Gasteiger partial charge in [-0.3, -0.25) is 14.4 Å². The number of nitrogens with one attached hydrogen (secondary N) is 1. The second-order valence-electron chi connectivity index (χ2n) is 6.35. The molecule has 7 heteroatoms. The molecule has 0 fully saturated rings. The van der Waals surface area contributed by atoms with Gasteiger partial charge in [0.2, 0.25) is 0 Å². The van der Waals surface area contributed by atoms with Gasteiger partial charge < -0.3 is 9.73 Å². The van der Waals surface area contributed by atoms with Gasteiger partial charge in [0.25, 0.3) is 17.7 Å². The van der Waals surface area contributed by atoms with Crippen LogP contribution in [0.3, 0.4) is 0 Å². The van der Waals surface area contributed by atoms with Crippen molar-refractivity contribution in [2.45, 2.75) is 13.5 Å². The van der Waals surface area contributed by atoms with Crippen LogP contribution in [0.1, 0.15) is 42.6 Å². The molecular formula is C21H15BrN2O4. The first-order valence-electron chi connectivity index (χ1n) is 8.56. The number of carbonyl (C=O) groups is 3. The van der Waals surface area contributed by atoms with Crippen molar-refractivity contribution in [3.05, 3.63) is 87.3 Å². The molecule has 6 nitrogen and oxygen atoms in total. The van der Waals surface area contributed by atoms with Crippen molar-refractivity contribution >= 4 is 39.3 Å². The molecule has 0 saturated carbocycles. The number of amides is 3. The van der Waals surface area contributed by atoms with E-state index in [1.807, 2.05) is 13.0 Å². The van der Waals surface area contributed by atoms with E-state index in [-0.39, 0.29) is 17.8 Å². The molecule has 3 aromatic rings. The third-order valence-corrected chi connectivity index (χ3v) is 4.95. The highest BCUT2D eigenvalue weighted by atomic mass is 79.9. The Morgan fingerprint density at radius 1 is 1.04 bits per heavy atom. The lowest BCUT2D eigenvalue weighted by molar-refractivity contribution is 0.0926. The normalized spacial score (nSPS) is 13.0. The van der Waals surface area contributed by atoms with E-state index >= 15 is 0 Å². The van der Waals surface area contributed by atoms with Crippen molar-refractivity contribution in [2.75, 3.05) is 4.90 Å². The molecule has 2 heterocycles. The summed E-state index contributed by atoms with van der Waals surface area (Å²) < 4.78 is 6.12. The molecule has 0 aliphatic carbocycles. The smallest absolute Gasteiger partial charge is 0.266 e. The maximum absolute atomic E-state index is 12.8. The van der Waals surface area contributed by atoms with Gasteiger partial charge >= 0.3 is 0 Å². The predicted molar refractivity (Wildman–Crippen MR) is 106 cm³/mol. The van der Waals surface area contributed by atoms with E-state index in [4.69, 9.17) is 4.42 Å². The molecule has 1 N–H and O–H groups in total. The molecule has 4 rings (SSSR count). The summed E-state index contributed by atoms with van der Waals surface area (Å²) in [6, 6.07) is 15.1. The van der Waals surface area contributed by atoms with Gasteiger partial charge in [-0.2, -0.15) is 0 Å². The molecule has 1 aliphatic heterocycles. The van der Waals surface area contributed by atoms with Crippen LogP contribution in [0.25, 0.3) is 0 Å². The summed E-state index contributed by atoms with van der Waals surface area (Å²) in [7, 11) is 0. The highest BCUT2D eigenvalue weighted by molar-refractivity contribution is 9.10. The summed E-state index contributed by atoms with van der Waals surface area (Å²) >= 11 is 3.34. The van der Waals surface area contributed by atoms with Crippen LogP contribution in [0.15, 0.2) is 63.5 Å². The Morgan fingerprint density at radius 2 is 1.71 bits per heavy atom. The molecule has 0 bridgehead atoms. The van der Waals surface area contributed by atoms with Gasteiger partial charge in [-0.25, -0.2) is 4.90 Å². The SMILES string of the molecule is Cc1ccc(CNC(=O)c2cc(Br)ccc2N2C(=O)c3ccccc3C2=O)o1. The van der Waals surface area contributed by atoms with Crippen LogP contribution >= 0.6 is 15.9 Å². The first kappa shape index (κ1) is 18.2. The molecule has 140 valence electrons. The molecule has 0 unspecified atom stereocenters. The van der Waals surface area contributed by atoms with E-state index in [2.05, 4.69) is 21.2 Å². The number of hydrogen-bond donors (Lipinski definition) is 1. The number of nitrogens with zero attached hydrogens (tertiary/aromatic N) is 1. The maximum Gasteiger partial charge on any atom is 0.266 e. The van der Waals surface area contributed by atoms with Crippen LogP contribution in [0.5, 0.6) is 0 Å². The molecule has 0 saturated heterocycles. The van der Waals surface area contributed by atoms with Gasteiger partial charge in [0, 0.05) is 4.47 Å². The van der Waals surface area contributed by atoms with E-state index in [1.165, 1.54) is 0 Å². The Kier molecular flexibility index (Phi) is 4.60. The average Bonchev–Trinajstić information content (AvgIpc) is 3.22. The van der Waals surface area contributed by atoms with E-state index in [0.717, 1.165) is 10.7 Å². The van der Waals surface area contributed by atoms with Crippen molar-refractivity contribution in [3.8, 4) is 0 Å². The summed E-state index contributed by atoms with van der Waals surface area (Å²) in [5.74, 6) is 0.0562. The molecule has 0 radical (unpaired) electrons. The number of furan rings is 1. The molecule has 1 aliphatic rings. The quantitative estimate of drug-likeness (QED) is 0.622. The van der Waals surface area contributed by atoms with Gasteiger partial charge in [-0.1, -0.05) is 28.1 Å². The van der Waals surface area contributed by atoms with E-state index in [0.29, 0.717) is 21.4 Å². The minimum Gasteiger partial charge on any atom is -0.465 e. The van der Waals surface area contributed by atoms with Gasteiger partial charge in [0.05, 0.1) is 28.9 Å². The molecule has 0 spiro atoms. The van der Waals surface area contributed by atoms with Gasteiger partial charge in [0.15, 0.2) is 0 Å². The summed E-state index contributed by atoms with van der Waals surface area (Å²) in [5, 5.41) is 2.77. The Labute approximate surface area is 169 Å². The van der Waals surface area contributed by atoms with E-state index < -0.39 is 17.7 Å². The summed E-state index contributed by atoms with van der Waals surface area (Å²) in [6.45, 7) is 2.01. The van der Waals surface area contributed by atoms with Crippen LogP contribution in [-0.2, 0) is 6.54 Å². The number of carbonyl (C=O) groups excluding carboxylic acids is 3. The lowest BCUT2D eigenvalue weighted by Crippen LogP contribution is -2.33. The number of fused-ring (bicyclic) bond motifs is 1. The first-order chi connectivity index (χ1) is 13.5. The van der Waals surface area contributed by atoms with Crippen molar-refractivity contribution < 1.29 is 18.8 Å². The number of halogens is 1. The highest BCUT2D eigenvalue weighted by Gasteiger charge is 2.38. The van der Waals surface area contributed by atoms with Gasteiger partial charge in [-0.05, 0) is 49.4 Å². The number of imide groups is 1. The number of rotatable bonds is 4. The van der Waals surface area contributed by atoms with Crippen LogP contribution in [0.2, 0.25) is 0 Å². The van der Waals surface area contributed by atoms with Crippen LogP contribution < -0.4 is 10.2 Å². The first-order valence-corrected chi connectivity index (χ1v) is 9.36. The molecule has 28 heavy (non-hydrogen) atoms. The molecule has 0 atom stereocenters. The number of anilines is 1. The lowest BCUT2D eigenvalue weighted by atomic mass is 10.1. The third-order valence-electron chi connectivity index (χ3n) is 4.46. The summed E-state index contributed by atoms with van der Waals surface area (Å²) in [5.41, 5.74) is 1.11. The van der Waals surface area contributed by atoms with E-state index in [9.17, 15) is 14.4 Å². The largest absolute Gasteiger partial charge is 0.465 e. The molecular weight excluding hydrogens is 424 g/mol. The fourth-order valence-electron chi connectivity index (χ4n) is 3.14. The summed E-state index contributed by atoms with van der Waals surface area (Å²) in [4.78, 5) is 39.5. The summed E-state index contributed by atoms with van der Waals surface area (Å²) in [6.07, 6.45) is 0. The number of aryl methyl sites for hydroxylation is 1. The zero-order valence-corrected chi connectivity index (χ0v) is 16.4. The van der Waals surface area contributed by atoms with Crippen LogP contribution in [-0.4, -0.2) is 17.7 Å². The Morgan fingerprint density at radius 3 is 2.32 bits per heavy atom.